The fourth-order valence-electron chi connectivity index (χ4n) is 3.34. The van der Waals surface area contributed by atoms with Crippen molar-refractivity contribution in [2.24, 2.45) is 0 Å². The summed E-state index contributed by atoms with van der Waals surface area (Å²) < 4.78 is 0. The summed E-state index contributed by atoms with van der Waals surface area (Å²) >= 11 is 0. The summed E-state index contributed by atoms with van der Waals surface area (Å²) in [6, 6.07) is 3.72. The summed E-state index contributed by atoms with van der Waals surface area (Å²) in [4.78, 5) is 26.0. The highest BCUT2D eigenvalue weighted by Crippen LogP contribution is 2.35. The second-order valence-electron chi connectivity index (χ2n) is 6.39. The maximum atomic E-state index is 13.0. The normalized spacial score (nSPS) is 13.2. The summed E-state index contributed by atoms with van der Waals surface area (Å²) in [5.41, 5.74) is 8.44. The summed E-state index contributed by atoms with van der Waals surface area (Å²) in [7, 11) is 0. The van der Waals surface area contributed by atoms with Gasteiger partial charge in [-0.05, 0) is 87.1 Å². The van der Waals surface area contributed by atoms with Crippen molar-refractivity contribution in [2.45, 2.75) is 41.5 Å². The lowest BCUT2D eigenvalue weighted by atomic mass is 9.76. The molecular formula is C20H20O2. The molecule has 0 bridgehead atoms. The van der Waals surface area contributed by atoms with Gasteiger partial charge in [-0.1, -0.05) is 0 Å². The maximum absolute atomic E-state index is 13.0. The zero-order chi connectivity index (χ0) is 16.3. The molecule has 0 N–H and O–H groups in total. The molecule has 2 aromatic carbocycles. The van der Waals surface area contributed by atoms with Crippen LogP contribution in [0.3, 0.4) is 0 Å². The van der Waals surface area contributed by atoms with Gasteiger partial charge in [-0.15, -0.1) is 0 Å². The van der Waals surface area contributed by atoms with Crippen LogP contribution >= 0.6 is 0 Å². The van der Waals surface area contributed by atoms with E-state index in [4.69, 9.17) is 0 Å². The molecular weight excluding hydrogens is 272 g/mol. The van der Waals surface area contributed by atoms with Crippen molar-refractivity contribution in [2.75, 3.05) is 0 Å². The van der Waals surface area contributed by atoms with Crippen molar-refractivity contribution in [1.29, 1.82) is 0 Å². The molecule has 2 nitrogen and oxygen atoms in total. The first kappa shape index (κ1) is 14.7. The van der Waals surface area contributed by atoms with E-state index in [1.54, 1.807) is 0 Å². The number of hydrogen-bond acceptors (Lipinski definition) is 2. The van der Waals surface area contributed by atoms with E-state index in [2.05, 4.69) is 0 Å². The quantitative estimate of drug-likeness (QED) is 0.618. The van der Waals surface area contributed by atoms with Crippen molar-refractivity contribution in [3.63, 3.8) is 0 Å². The summed E-state index contributed by atoms with van der Waals surface area (Å²) in [6.45, 7) is 11.9. The molecule has 2 heteroatoms. The van der Waals surface area contributed by atoms with E-state index in [1.807, 2.05) is 53.7 Å². The Balaban J connectivity index is 2.44. The van der Waals surface area contributed by atoms with E-state index in [-0.39, 0.29) is 11.6 Å². The molecule has 0 unspecified atom stereocenters. The molecule has 0 saturated carbocycles. The van der Waals surface area contributed by atoms with Gasteiger partial charge in [0.1, 0.15) is 0 Å². The van der Waals surface area contributed by atoms with Gasteiger partial charge in [0.05, 0.1) is 0 Å². The van der Waals surface area contributed by atoms with Crippen LogP contribution in [0.2, 0.25) is 0 Å². The zero-order valence-corrected chi connectivity index (χ0v) is 14.0. The number of carbonyl (C=O) groups excluding carboxylic acids is 2. The van der Waals surface area contributed by atoms with E-state index in [0.29, 0.717) is 22.3 Å². The molecule has 0 aliphatic heterocycles. The van der Waals surface area contributed by atoms with Crippen LogP contribution in [-0.2, 0) is 0 Å². The Bertz CT molecular complexity index is 798. The van der Waals surface area contributed by atoms with Gasteiger partial charge in [-0.3, -0.25) is 9.59 Å². The molecule has 1 aliphatic rings. The maximum Gasteiger partial charge on any atom is 0.194 e. The standard InChI is InChI=1S/C20H20O2/c1-9-7-15-16(8-10(9)2)20(22)18-14(6)12(4)11(3)13(5)17(18)19(15)21/h7-8H,1-6H3. The Morgan fingerprint density at radius 3 is 1.18 bits per heavy atom. The van der Waals surface area contributed by atoms with Gasteiger partial charge < -0.3 is 0 Å². The molecule has 22 heavy (non-hydrogen) atoms. The number of rotatable bonds is 0. The second kappa shape index (κ2) is 4.64. The first-order chi connectivity index (χ1) is 10.3. The lowest BCUT2D eigenvalue weighted by molar-refractivity contribution is 0.0977. The van der Waals surface area contributed by atoms with Gasteiger partial charge in [0.25, 0.3) is 0 Å². The summed E-state index contributed by atoms with van der Waals surface area (Å²) in [6.07, 6.45) is 0. The molecule has 0 heterocycles. The molecule has 0 spiro atoms. The highest BCUT2D eigenvalue weighted by atomic mass is 16.1. The minimum absolute atomic E-state index is 0.0172. The third-order valence-corrected chi connectivity index (χ3v) is 5.26. The number of ketones is 2. The molecule has 0 radical (unpaired) electrons. The van der Waals surface area contributed by atoms with Gasteiger partial charge in [0, 0.05) is 22.3 Å². The summed E-state index contributed by atoms with van der Waals surface area (Å²) in [5.74, 6) is -0.0344. The smallest absolute Gasteiger partial charge is 0.194 e. The predicted octanol–water partition coefficient (Wildman–Crippen LogP) is 4.31. The number of benzene rings is 2. The Hall–Kier alpha value is -2.22. The highest BCUT2D eigenvalue weighted by molar-refractivity contribution is 6.29. The van der Waals surface area contributed by atoms with E-state index in [9.17, 15) is 9.59 Å². The molecule has 1 aliphatic carbocycles. The average Bonchev–Trinajstić information content (AvgIpc) is 2.48. The van der Waals surface area contributed by atoms with Crippen LogP contribution in [0.5, 0.6) is 0 Å². The number of fused-ring (bicyclic) bond motifs is 2. The van der Waals surface area contributed by atoms with Crippen molar-refractivity contribution in [3.8, 4) is 0 Å². The first-order valence-electron chi connectivity index (χ1n) is 7.56. The predicted molar refractivity (Wildman–Crippen MR) is 88.2 cm³/mol. The molecule has 0 saturated heterocycles. The minimum atomic E-state index is -0.0172. The van der Waals surface area contributed by atoms with Crippen LogP contribution in [0.1, 0.15) is 65.2 Å². The van der Waals surface area contributed by atoms with Crippen LogP contribution in [0.15, 0.2) is 12.1 Å². The molecule has 0 atom stereocenters. The monoisotopic (exact) mass is 292 g/mol. The van der Waals surface area contributed by atoms with E-state index in [1.165, 1.54) is 0 Å². The molecule has 3 rings (SSSR count). The van der Waals surface area contributed by atoms with Gasteiger partial charge in [-0.25, -0.2) is 0 Å². The van der Waals surface area contributed by atoms with Crippen molar-refractivity contribution in [3.05, 3.63) is 67.8 Å². The minimum Gasteiger partial charge on any atom is -0.289 e. The van der Waals surface area contributed by atoms with Gasteiger partial charge in [-0.2, -0.15) is 0 Å². The molecule has 112 valence electrons. The Morgan fingerprint density at radius 1 is 0.545 bits per heavy atom. The van der Waals surface area contributed by atoms with Gasteiger partial charge in [0.15, 0.2) is 11.6 Å². The third kappa shape index (κ3) is 1.73. The lowest BCUT2D eigenvalue weighted by Gasteiger charge is -2.25. The van der Waals surface area contributed by atoms with E-state index in [0.717, 1.165) is 33.4 Å². The second-order valence-corrected chi connectivity index (χ2v) is 6.39. The van der Waals surface area contributed by atoms with Gasteiger partial charge >= 0.3 is 0 Å². The Labute approximate surface area is 131 Å². The van der Waals surface area contributed by atoms with Crippen LogP contribution in [0.4, 0.5) is 0 Å². The third-order valence-electron chi connectivity index (χ3n) is 5.26. The van der Waals surface area contributed by atoms with Crippen molar-refractivity contribution < 1.29 is 9.59 Å². The van der Waals surface area contributed by atoms with E-state index >= 15 is 0 Å². The molecule has 0 aromatic heterocycles. The number of aryl methyl sites for hydroxylation is 2. The SMILES string of the molecule is Cc1cc2c(cc1C)C(=O)c1c(C)c(C)c(C)c(C)c1C2=O. The van der Waals surface area contributed by atoms with Crippen LogP contribution in [0.25, 0.3) is 0 Å². The Kier molecular flexibility index (Phi) is 3.10. The molecule has 0 fully saturated rings. The van der Waals surface area contributed by atoms with Gasteiger partial charge in [0.2, 0.25) is 0 Å². The first-order valence-corrected chi connectivity index (χ1v) is 7.56. The molecule has 2 aromatic rings. The number of hydrogen-bond donors (Lipinski definition) is 0. The fourth-order valence-corrected chi connectivity index (χ4v) is 3.34. The van der Waals surface area contributed by atoms with E-state index < -0.39 is 0 Å². The highest BCUT2D eigenvalue weighted by Gasteiger charge is 2.34. The topological polar surface area (TPSA) is 34.1 Å². The van der Waals surface area contributed by atoms with Crippen LogP contribution in [-0.4, -0.2) is 11.6 Å². The lowest BCUT2D eigenvalue weighted by Crippen LogP contribution is -2.25. The average molecular weight is 292 g/mol. The van der Waals surface area contributed by atoms with Crippen LogP contribution < -0.4 is 0 Å². The zero-order valence-electron chi connectivity index (χ0n) is 14.0. The van der Waals surface area contributed by atoms with Crippen molar-refractivity contribution in [1.82, 2.24) is 0 Å². The van der Waals surface area contributed by atoms with Crippen molar-refractivity contribution >= 4 is 11.6 Å². The largest absolute Gasteiger partial charge is 0.289 e. The summed E-state index contributed by atoms with van der Waals surface area (Å²) in [5, 5.41) is 0. The molecule has 0 amide bonds. The number of carbonyl (C=O) groups is 2. The fraction of sp³-hybridized carbons (Fsp3) is 0.300. The Morgan fingerprint density at radius 2 is 0.864 bits per heavy atom. The van der Waals surface area contributed by atoms with Crippen LogP contribution in [0, 0.1) is 41.5 Å².